The number of fused-ring (bicyclic) bond motifs is 1. The smallest absolute Gasteiger partial charge is 0.181 e. The number of ether oxygens (including phenoxy) is 1. The maximum atomic E-state index is 13.4. The number of para-hydroxylation sites is 1. The average molecular weight is 573 g/mol. The van der Waals surface area contributed by atoms with Crippen LogP contribution >= 0.6 is 15.9 Å². The van der Waals surface area contributed by atoms with Crippen LogP contribution in [0.5, 0.6) is 5.75 Å². The standard InChI is InChI=1S/C29H29BrN6O2/c30-24-6-2-5-23-20(9-16-38-26(23)24)18-25(37)21-3-1-4-22(17-21)34-29(10-14-32-15-11-29)28-33-27(35-36-28)19-7-12-31-13-8-19/h1-8,12-13,17,20,32,34H,9-11,14-16,18H2,(H,33,35,36)/t20-/m1/s1. The largest absolute Gasteiger partial charge is 0.492 e. The van der Waals surface area contributed by atoms with E-state index in [0.29, 0.717) is 24.4 Å². The van der Waals surface area contributed by atoms with Gasteiger partial charge in [-0.2, -0.15) is 5.10 Å². The van der Waals surface area contributed by atoms with E-state index < -0.39 is 5.54 Å². The molecule has 0 amide bonds. The summed E-state index contributed by atoms with van der Waals surface area (Å²) in [5.41, 5.74) is 3.20. The number of hydrogen-bond acceptors (Lipinski definition) is 7. The summed E-state index contributed by atoms with van der Waals surface area (Å²) >= 11 is 3.58. The first-order chi connectivity index (χ1) is 18.6. The Morgan fingerprint density at radius 1 is 1.11 bits per heavy atom. The number of aromatic amines is 1. The lowest BCUT2D eigenvalue weighted by molar-refractivity contribution is 0.0965. The van der Waals surface area contributed by atoms with Gasteiger partial charge < -0.3 is 15.4 Å². The van der Waals surface area contributed by atoms with Gasteiger partial charge >= 0.3 is 0 Å². The molecule has 6 rings (SSSR count). The zero-order chi connectivity index (χ0) is 26.0. The van der Waals surface area contributed by atoms with Crippen molar-refractivity contribution in [1.82, 2.24) is 25.5 Å². The quantitative estimate of drug-likeness (QED) is 0.252. The lowest BCUT2D eigenvalue weighted by Gasteiger charge is -2.37. The maximum Gasteiger partial charge on any atom is 0.181 e. The van der Waals surface area contributed by atoms with Crippen LogP contribution in [-0.4, -0.2) is 45.6 Å². The highest BCUT2D eigenvalue weighted by atomic mass is 79.9. The highest BCUT2D eigenvalue weighted by Crippen LogP contribution is 2.41. The zero-order valence-corrected chi connectivity index (χ0v) is 22.5. The molecule has 0 aliphatic carbocycles. The van der Waals surface area contributed by atoms with Crippen molar-refractivity contribution < 1.29 is 9.53 Å². The van der Waals surface area contributed by atoms with E-state index in [1.54, 1.807) is 12.4 Å². The van der Waals surface area contributed by atoms with Gasteiger partial charge in [-0.3, -0.25) is 14.9 Å². The van der Waals surface area contributed by atoms with E-state index in [2.05, 4.69) is 47.8 Å². The molecule has 0 unspecified atom stereocenters. The van der Waals surface area contributed by atoms with E-state index in [0.717, 1.165) is 65.2 Å². The van der Waals surface area contributed by atoms with Gasteiger partial charge in [-0.05, 0) is 90.1 Å². The maximum absolute atomic E-state index is 13.4. The third-order valence-electron chi connectivity index (χ3n) is 7.48. The van der Waals surface area contributed by atoms with Crippen molar-refractivity contribution in [3.8, 4) is 17.1 Å². The van der Waals surface area contributed by atoms with Crippen LogP contribution in [0.4, 0.5) is 5.69 Å². The van der Waals surface area contributed by atoms with Crippen molar-refractivity contribution in [3.05, 3.63) is 88.4 Å². The van der Waals surface area contributed by atoms with Gasteiger partial charge in [0.25, 0.3) is 0 Å². The van der Waals surface area contributed by atoms with E-state index in [4.69, 9.17) is 9.72 Å². The molecule has 0 radical (unpaired) electrons. The molecular weight excluding hydrogens is 544 g/mol. The summed E-state index contributed by atoms with van der Waals surface area (Å²) in [5.74, 6) is 2.57. The van der Waals surface area contributed by atoms with E-state index in [9.17, 15) is 4.79 Å². The number of H-pyrrole nitrogens is 1. The first-order valence-electron chi connectivity index (χ1n) is 13.0. The zero-order valence-electron chi connectivity index (χ0n) is 20.9. The first-order valence-corrected chi connectivity index (χ1v) is 13.8. The molecule has 0 spiro atoms. The molecule has 1 saturated heterocycles. The molecule has 4 aromatic rings. The Hall–Kier alpha value is -3.56. The van der Waals surface area contributed by atoms with Crippen molar-refractivity contribution in [3.63, 3.8) is 0 Å². The second-order valence-corrected chi connectivity index (χ2v) is 10.8. The van der Waals surface area contributed by atoms with Gasteiger partial charge in [-0.25, -0.2) is 4.98 Å². The number of halogens is 1. The Morgan fingerprint density at radius 2 is 1.92 bits per heavy atom. The van der Waals surface area contributed by atoms with E-state index in [-0.39, 0.29) is 11.7 Å². The minimum atomic E-state index is -0.420. The second kappa shape index (κ2) is 10.7. The van der Waals surface area contributed by atoms with Crippen LogP contribution in [0.15, 0.2) is 71.5 Å². The van der Waals surface area contributed by atoms with Crippen molar-refractivity contribution in [2.75, 3.05) is 25.0 Å². The summed E-state index contributed by atoms with van der Waals surface area (Å²) < 4.78 is 6.80. The fourth-order valence-electron chi connectivity index (χ4n) is 5.44. The van der Waals surface area contributed by atoms with Crippen LogP contribution in [0, 0.1) is 0 Å². The van der Waals surface area contributed by atoms with Gasteiger partial charge in [-0.15, -0.1) is 0 Å². The van der Waals surface area contributed by atoms with Gasteiger partial charge in [0.2, 0.25) is 0 Å². The summed E-state index contributed by atoms with van der Waals surface area (Å²) in [6.07, 6.45) is 6.43. The lowest BCUT2D eigenvalue weighted by atomic mass is 9.86. The number of benzene rings is 2. The van der Waals surface area contributed by atoms with Crippen molar-refractivity contribution >= 4 is 27.4 Å². The van der Waals surface area contributed by atoms with Crippen molar-refractivity contribution in [2.24, 2.45) is 0 Å². The molecule has 2 aliphatic heterocycles. The monoisotopic (exact) mass is 572 g/mol. The number of Topliss-reactive ketones (excluding diaryl/α,β-unsaturated/α-hetero) is 1. The van der Waals surface area contributed by atoms with Gasteiger partial charge in [0.15, 0.2) is 17.4 Å². The van der Waals surface area contributed by atoms with Crippen LogP contribution in [0.2, 0.25) is 0 Å². The number of carbonyl (C=O) groups excluding carboxylic acids is 1. The second-order valence-electron chi connectivity index (χ2n) is 9.90. The molecule has 1 fully saturated rings. The van der Waals surface area contributed by atoms with Crippen LogP contribution in [0.3, 0.4) is 0 Å². The Kier molecular flexibility index (Phi) is 6.95. The number of aromatic nitrogens is 4. The van der Waals surface area contributed by atoms with Gasteiger partial charge in [0, 0.05) is 35.6 Å². The lowest BCUT2D eigenvalue weighted by Crippen LogP contribution is -2.46. The molecule has 2 aromatic carbocycles. The molecular formula is C29H29BrN6O2. The third-order valence-corrected chi connectivity index (χ3v) is 8.11. The number of pyridine rings is 1. The molecule has 2 aliphatic rings. The minimum absolute atomic E-state index is 0.130. The van der Waals surface area contributed by atoms with Crippen molar-refractivity contribution in [2.45, 2.75) is 37.1 Å². The summed E-state index contributed by atoms with van der Waals surface area (Å²) in [6.45, 7) is 2.33. The first kappa shape index (κ1) is 24.8. The van der Waals surface area contributed by atoms with Gasteiger partial charge in [0.1, 0.15) is 5.75 Å². The highest BCUT2D eigenvalue weighted by molar-refractivity contribution is 9.10. The molecule has 0 bridgehead atoms. The Labute approximate surface area is 229 Å². The van der Waals surface area contributed by atoms with E-state index in [1.165, 1.54) is 0 Å². The van der Waals surface area contributed by atoms with Crippen LogP contribution in [0.25, 0.3) is 11.4 Å². The number of hydrogen-bond donors (Lipinski definition) is 3. The van der Waals surface area contributed by atoms with Crippen LogP contribution < -0.4 is 15.4 Å². The van der Waals surface area contributed by atoms with Gasteiger partial charge in [-0.1, -0.05) is 24.3 Å². The summed E-state index contributed by atoms with van der Waals surface area (Å²) in [4.78, 5) is 22.4. The summed E-state index contributed by atoms with van der Waals surface area (Å²) in [5, 5.41) is 14.9. The molecule has 2 aromatic heterocycles. The highest BCUT2D eigenvalue weighted by Gasteiger charge is 2.37. The van der Waals surface area contributed by atoms with Gasteiger partial charge in [0.05, 0.1) is 16.6 Å². The molecule has 194 valence electrons. The van der Waals surface area contributed by atoms with Crippen LogP contribution in [-0.2, 0) is 5.54 Å². The summed E-state index contributed by atoms with van der Waals surface area (Å²) in [7, 11) is 0. The molecule has 3 N–H and O–H groups in total. The van der Waals surface area contributed by atoms with E-state index in [1.807, 2.05) is 48.5 Å². The Bertz CT molecular complexity index is 1430. The number of piperidine rings is 1. The van der Waals surface area contributed by atoms with Crippen LogP contribution in [0.1, 0.15) is 53.3 Å². The predicted molar refractivity (Wildman–Crippen MR) is 149 cm³/mol. The fourth-order valence-corrected chi connectivity index (χ4v) is 5.93. The fraction of sp³-hybridized carbons (Fsp3) is 0.310. The SMILES string of the molecule is O=C(C[C@H]1CCOc2c(Br)cccc21)c1cccc(NC2(c3nc(-c4ccncc4)n[nH]3)CCNCC2)c1. The number of carbonyl (C=O) groups is 1. The third kappa shape index (κ3) is 4.96. The number of nitrogens with one attached hydrogen (secondary N) is 3. The Balaban J connectivity index is 1.23. The minimum Gasteiger partial charge on any atom is -0.492 e. The number of anilines is 1. The molecule has 0 saturated carbocycles. The topological polar surface area (TPSA) is 105 Å². The average Bonchev–Trinajstić information content (AvgIpc) is 3.46. The molecule has 1 atom stereocenters. The normalized spacial score (nSPS) is 18.3. The Morgan fingerprint density at radius 3 is 2.76 bits per heavy atom. The molecule has 4 heterocycles. The molecule has 38 heavy (non-hydrogen) atoms. The number of nitrogens with zero attached hydrogens (tertiary/aromatic N) is 3. The molecule has 9 heteroatoms. The van der Waals surface area contributed by atoms with Crippen molar-refractivity contribution in [1.29, 1.82) is 0 Å². The number of rotatable bonds is 7. The predicted octanol–water partition coefficient (Wildman–Crippen LogP) is 5.46. The number of ketones is 1. The van der Waals surface area contributed by atoms with E-state index >= 15 is 0 Å². The summed E-state index contributed by atoms with van der Waals surface area (Å²) in [6, 6.07) is 17.7. The molecule has 8 nitrogen and oxygen atoms in total.